The van der Waals surface area contributed by atoms with Crippen LogP contribution < -0.4 is 5.32 Å². The number of pyridine rings is 3. The largest absolute Gasteiger partial charge is 0.335 e. The van der Waals surface area contributed by atoms with Crippen LogP contribution in [0.1, 0.15) is 20.8 Å². The summed E-state index contributed by atoms with van der Waals surface area (Å²) >= 11 is 0. The molecule has 194 valence electrons. The van der Waals surface area contributed by atoms with Gasteiger partial charge in [0.1, 0.15) is 17.2 Å². The molecule has 0 bridgehead atoms. The molecule has 0 aliphatic rings. The first-order valence-corrected chi connectivity index (χ1v) is 12.1. The Bertz CT molecular complexity index is 1870. The van der Waals surface area contributed by atoms with Crippen LogP contribution in [0.3, 0.4) is 0 Å². The van der Waals surface area contributed by atoms with Crippen molar-refractivity contribution >= 4 is 33.7 Å². The molecule has 11 heteroatoms. The Morgan fingerprint density at radius 2 is 1.74 bits per heavy atom. The summed E-state index contributed by atoms with van der Waals surface area (Å²) in [5, 5.41) is 10.1. The van der Waals surface area contributed by atoms with Crippen LogP contribution in [-0.4, -0.2) is 41.0 Å². The van der Waals surface area contributed by atoms with E-state index in [0.29, 0.717) is 33.8 Å². The SMILES string of the molecule is CC(C)(C)C(=O)Nc1cncc(-c2ncc3[nH]nc(-c4nc5nccc(-c6ccc(F)cc6)c5[nH]4)c3c2F)c1. The number of anilines is 1. The molecule has 1 amide bonds. The molecule has 0 fully saturated rings. The summed E-state index contributed by atoms with van der Waals surface area (Å²) in [6.45, 7) is 5.39. The summed E-state index contributed by atoms with van der Waals surface area (Å²) in [4.78, 5) is 33.0. The van der Waals surface area contributed by atoms with Gasteiger partial charge < -0.3 is 10.3 Å². The van der Waals surface area contributed by atoms with Crippen LogP contribution in [0.5, 0.6) is 0 Å². The fourth-order valence-electron chi connectivity index (χ4n) is 4.20. The lowest BCUT2D eigenvalue weighted by atomic mass is 9.95. The molecule has 6 aromatic rings. The highest BCUT2D eigenvalue weighted by atomic mass is 19.1. The molecule has 0 unspecified atom stereocenters. The second-order valence-corrected chi connectivity index (χ2v) is 10.1. The number of fused-ring (bicyclic) bond motifs is 2. The number of hydrogen-bond donors (Lipinski definition) is 3. The number of carbonyl (C=O) groups excluding carboxylic acids is 1. The number of imidazole rings is 1. The molecule has 0 aliphatic carbocycles. The number of benzene rings is 1. The van der Waals surface area contributed by atoms with Crippen molar-refractivity contribution in [1.29, 1.82) is 0 Å². The first kappa shape index (κ1) is 24.3. The topological polar surface area (TPSA) is 125 Å². The Morgan fingerprint density at radius 3 is 2.51 bits per heavy atom. The molecule has 3 N–H and O–H groups in total. The van der Waals surface area contributed by atoms with Gasteiger partial charge in [0, 0.05) is 28.9 Å². The maximum absolute atomic E-state index is 16.0. The molecule has 0 aliphatic heterocycles. The standard InChI is InChI=1S/C28H22F2N8O/c1-28(2,3)27(39)34-17-10-15(11-31-12-17)22-21(30)20-19(13-33-22)37-38-24(20)26-35-23-18(8-9-32-25(23)36-26)14-4-6-16(29)7-5-14/h4-13H,1-3H3,(H,34,39)(H,37,38)(H,32,35,36). The van der Waals surface area contributed by atoms with Gasteiger partial charge in [0.05, 0.1) is 34.5 Å². The predicted molar refractivity (Wildman–Crippen MR) is 143 cm³/mol. The van der Waals surface area contributed by atoms with E-state index in [-0.39, 0.29) is 28.5 Å². The lowest BCUT2D eigenvalue weighted by Gasteiger charge is -2.17. The van der Waals surface area contributed by atoms with Gasteiger partial charge in [-0.05, 0) is 29.8 Å². The number of amides is 1. The maximum Gasteiger partial charge on any atom is 0.229 e. The highest BCUT2D eigenvalue weighted by molar-refractivity contribution is 5.98. The molecular weight excluding hydrogens is 502 g/mol. The summed E-state index contributed by atoms with van der Waals surface area (Å²) < 4.78 is 29.5. The van der Waals surface area contributed by atoms with Crippen LogP contribution in [0, 0.1) is 17.0 Å². The summed E-state index contributed by atoms with van der Waals surface area (Å²) in [6, 6.07) is 9.50. The van der Waals surface area contributed by atoms with Crippen molar-refractivity contribution in [3.05, 3.63) is 72.8 Å². The van der Waals surface area contributed by atoms with Crippen LogP contribution in [0.2, 0.25) is 0 Å². The zero-order valence-electron chi connectivity index (χ0n) is 21.2. The van der Waals surface area contributed by atoms with Gasteiger partial charge in [-0.1, -0.05) is 32.9 Å². The normalized spacial score (nSPS) is 11.8. The quantitative estimate of drug-likeness (QED) is 0.264. The second kappa shape index (κ2) is 9.05. The fraction of sp³-hybridized carbons (Fsp3) is 0.143. The Balaban J connectivity index is 1.43. The molecule has 0 radical (unpaired) electrons. The summed E-state index contributed by atoms with van der Waals surface area (Å²) in [5.74, 6) is -0.848. The van der Waals surface area contributed by atoms with Crippen molar-refractivity contribution in [2.75, 3.05) is 5.32 Å². The average Bonchev–Trinajstić information content (AvgIpc) is 3.54. The first-order valence-electron chi connectivity index (χ1n) is 12.1. The second-order valence-electron chi connectivity index (χ2n) is 10.1. The number of carbonyl (C=O) groups is 1. The molecule has 39 heavy (non-hydrogen) atoms. The number of nitrogens with zero attached hydrogens (tertiary/aromatic N) is 5. The van der Waals surface area contributed by atoms with E-state index in [0.717, 1.165) is 11.1 Å². The lowest BCUT2D eigenvalue weighted by molar-refractivity contribution is -0.123. The van der Waals surface area contributed by atoms with E-state index >= 15 is 4.39 Å². The third-order valence-electron chi connectivity index (χ3n) is 6.27. The average molecular weight is 525 g/mol. The lowest BCUT2D eigenvalue weighted by Crippen LogP contribution is -2.27. The van der Waals surface area contributed by atoms with Crippen LogP contribution in [0.15, 0.2) is 61.2 Å². The van der Waals surface area contributed by atoms with E-state index < -0.39 is 11.2 Å². The molecule has 1 aromatic carbocycles. The smallest absolute Gasteiger partial charge is 0.229 e. The molecule has 0 saturated heterocycles. The number of aromatic amines is 2. The van der Waals surface area contributed by atoms with E-state index in [1.54, 1.807) is 51.2 Å². The van der Waals surface area contributed by atoms with E-state index in [4.69, 9.17) is 0 Å². The minimum absolute atomic E-state index is 0.0470. The zero-order chi connectivity index (χ0) is 27.3. The Labute approximate surface area is 220 Å². The monoisotopic (exact) mass is 524 g/mol. The molecule has 5 heterocycles. The number of aromatic nitrogens is 7. The molecule has 9 nitrogen and oxygen atoms in total. The predicted octanol–water partition coefficient (Wildman–Crippen LogP) is 5.89. The van der Waals surface area contributed by atoms with Crippen LogP contribution >= 0.6 is 0 Å². The van der Waals surface area contributed by atoms with E-state index in [9.17, 15) is 9.18 Å². The third kappa shape index (κ3) is 4.37. The number of H-pyrrole nitrogens is 2. The Kier molecular flexibility index (Phi) is 5.63. The number of hydrogen-bond acceptors (Lipinski definition) is 6. The van der Waals surface area contributed by atoms with Gasteiger partial charge in [-0.25, -0.2) is 18.7 Å². The Hall–Kier alpha value is -5.06. The van der Waals surface area contributed by atoms with Gasteiger partial charge >= 0.3 is 0 Å². The fourth-order valence-corrected chi connectivity index (χ4v) is 4.20. The van der Waals surface area contributed by atoms with E-state index in [2.05, 4.69) is 40.4 Å². The van der Waals surface area contributed by atoms with Gasteiger partial charge in [-0.15, -0.1) is 0 Å². The van der Waals surface area contributed by atoms with Crippen molar-refractivity contribution < 1.29 is 13.6 Å². The summed E-state index contributed by atoms with van der Waals surface area (Å²) in [6.07, 6.45) is 6.06. The minimum Gasteiger partial charge on any atom is -0.335 e. The number of rotatable bonds is 4. The van der Waals surface area contributed by atoms with E-state index in [1.807, 2.05) is 0 Å². The maximum atomic E-state index is 16.0. The van der Waals surface area contributed by atoms with Crippen LogP contribution in [0.25, 0.3) is 56.0 Å². The molecular formula is C28H22F2N8O. The highest BCUT2D eigenvalue weighted by Gasteiger charge is 2.23. The number of halogens is 2. The van der Waals surface area contributed by atoms with E-state index in [1.165, 1.54) is 30.7 Å². The summed E-state index contributed by atoms with van der Waals surface area (Å²) in [5.41, 5.74) is 3.43. The van der Waals surface area contributed by atoms with Gasteiger partial charge in [0.2, 0.25) is 5.91 Å². The van der Waals surface area contributed by atoms with Crippen molar-refractivity contribution in [1.82, 2.24) is 35.1 Å². The van der Waals surface area contributed by atoms with Crippen molar-refractivity contribution in [3.63, 3.8) is 0 Å². The highest BCUT2D eigenvalue weighted by Crippen LogP contribution is 2.34. The number of nitrogens with one attached hydrogen (secondary N) is 3. The molecule has 0 atom stereocenters. The third-order valence-corrected chi connectivity index (χ3v) is 6.27. The van der Waals surface area contributed by atoms with Gasteiger partial charge in [0.25, 0.3) is 0 Å². The first-order chi connectivity index (χ1) is 18.7. The van der Waals surface area contributed by atoms with Gasteiger partial charge in [0.15, 0.2) is 17.3 Å². The van der Waals surface area contributed by atoms with Crippen LogP contribution in [0.4, 0.5) is 14.5 Å². The van der Waals surface area contributed by atoms with Crippen LogP contribution in [-0.2, 0) is 4.79 Å². The molecule has 5 aromatic heterocycles. The van der Waals surface area contributed by atoms with Crippen molar-refractivity contribution in [2.45, 2.75) is 20.8 Å². The summed E-state index contributed by atoms with van der Waals surface area (Å²) in [7, 11) is 0. The van der Waals surface area contributed by atoms with Crippen molar-refractivity contribution in [3.8, 4) is 33.9 Å². The molecule has 0 spiro atoms. The van der Waals surface area contributed by atoms with Crippen molar-refractivity contribution in [2.24, 2.45) is 5.41 Å². The minimum atomic E-state index is -0.621. The van der Waals surface area contributed by atoms with Gasteiger partial charge in [-0.2, -0.15) is 5.10 Å². The van der Waals surface area contributed by atoms with Gasteiger partial charge in [-0.3, -0.25) is 19.9 Å². The molecule has 6 rings (SSSR count). The Morgan fingerprint density at radius 1 is 0.949 bits per heavy atom. The zero-order valence-corrected chi connectivity index (χ0v) is 21.2. The molecule has 0 saturated carbocycles.